The molecule has 14 heavy (non-hydrogen) atoms. The normalized spacial score (nSPS) is 12.4. The van der Waals surface area contributed by atoms with Crippen LogP contribution in [0.3, 0.4) is 0 Å². The van der Waals surface area contributed by atoms with Gasteiger partial charge in [-0.05, 0) is 11.1 Å². The van der Waals surface area contributed by atoms with E-state index in [9.17, 15) is 5.11 Å². The van der Waals surface area contributed by atoms with Gasteiger partial charge in [-0.1, -0.05) is 60.7 Å². The molecule has 2 aromatic carbocycles. The van der Waals surface area contributed by atoms with Gasteiger partial charge in [-0.15, -0.1) is 0 Å². The van der Waals surface area contributed by atoms with E-state index in [0.717, 1.165) is 11.1 Å². The molecule has 1 atom stereocenters. The van der Waals surface area contributed by atoms with Crippen LogP contribution < -0.4 is 0 Å². The third-order valence-corrected chi connectivity index (χ3v) is 2.23. The van der Waals surface area contributed by atoms with Gasteiger partial charge in [-0.25, -0.2) is 0 Å². The molecular weight excluding hydrogens is 177 g/mol. The SMILES string of the molecule is OC(c1ccccc1)c1[13cH][13cH][13cH][13cH][13cH]1. The average molecular weight is 189 g/mol. The fourth-order valence-electron chi connectivity index (χ4n) is 1.46. The molecule has 0 aromatic heterocycles. The molecule has 0 saturated carbocycles. The monoisotopic (exact) mass is 189 g/mol. The molecule has 2 aromatic rings. The van der Waals surface area contributed by atoms with E-state index in [1.807, 2.05) is 60.7 Å². The maximum Gasteiger partial charge on any atom is 0.104 e. The molecule has 1 unspecified atom stereocenters. The number of benzene rings is 2. The van der Waals surface area contributed by atoms with Crippen molar-refractivity contribution < 1.29 is 5.11 Å². The maximum absolute atomic E-state index is 9.99. The Hall–Kier alpha value is -1.60. The van der Waals surface area contributed by atoms with Crippen molar-refractivity contribution >= 4 is 0 Å². The lowest BCUT2D eigenvalue weighted by Crippen LogP contribution is -1.98. The number of aliphatic hydroxyl groups excluding tert-OH is 1. The summed E-state index contributed by atoms with van der Waals surface area (Å²) in [7, 11) is 0. The van der Waals surface area contributed by atoms with E-state index in [4.69, 9.17) is 0 Å². The Morgan fingerprint density at radius 2 is 1.00 bits per heavy atom. The zero-order valence-electron chi connectivity index (χ0n) is 7.80. The lowest BCUT2D eigenvalue weighted by atomic mass is 10.1. The molecule has 0 radical (unpaired) electrons. The summed E-state index contributed by atoms with van der Waals surface area (Å²) in [6.07, 6.45) is -0.516. The smallest absolute Gasteiger partial charge is 0.104 e. The van der Waals surface area contributed by atoms with Gasteiger partial charge in [-0.2, -0.15) is 0 Å². The molecule has 0 aliphatic rings. The van der Waals surface area contributed by atoms with Gasteiger partial charge in [0.1, 0.15) is 6.10 Å². The van der Waals surface area contributed by atoms with Crippen molar-refractivity contribution in [1.29, 1.82) is 0 Å². The standard InChI is InChI=1S/C13H12O/c14-13(11-7-3-1-4-8-11)12-9-5-2-6-10-12/h1-10,13-14H/i1+1,3+1,4+1,7+1,8+1. The number of hydrogen-bond donors (Lipinski definition) is 1. The predicted molar refractivity (Wildman–Crippen MR) is 56.9 cm³/mol. The molecule has 0 aliphatic heterocycles. The van der Waals surface area contributed by atoms with Crippen molar-refractivity contribution in [3.8, 4) is 0 Å². The van der Waals surface area contributed by atoms with E-state index < -0.39 is 6.10 Å². The van der Waals surface area contributed by atoms with E-state index in [0.29, 0.717) is 0 Å². The summed E-state index contributed by atoms with van der Waals surface area (Å²) >= 11 is 0. The highest BCUT2D eigenvalue weighted by Crippen LogP contribution is 2.20. The Bertz CT molecular complexity index is 341. The number of hydrogen-bond acceptors (Lipinski definition) is 1. The molecule has 0 fully saturated rings. The van der Waals surface area contributed by atoms with Gasteiger partial charge in [0.25, 0.3) is 0 Å². The molecule has 2 rings (SSSR count). The molecule has 0 spiro atoms. The van der Waals surface area contributed by atoms with Gasteiger partial charge >= 0.3 is 0 Å². The first-order valence-corrected chi connectivity index (χ1v) is 4.66. The fraction of sp³-hybridized carbons (Fsp3) is 0.0769. The van der Waals surface area contributed by atoms with Crippen molar-refractivity contribution in [1.82, 2.24) is 0 Å². The Morgan fingerprint density at radius 1 is 0.643 bits per heavy atom. The molecule has 0 aliphatic carbocycles. The largest absolute Gasteiger partial charge is 0.384 e. The Balaban J connectivity index is 2.30. The first kappa shape index (κ1) is 8.97. The summed E-state index contributed by atoms with van der Waals surface area (Å²) in [5.41, 5.74) is 1.86. The molecule has 0 heterocycles. The van der Waals surface area contributed by atoms with Gasteiger partial charge in [0.15, 0.2) is 0 Å². The van der Waals surface area contributed by atoms with Crippen LogP contribution in [0.2, 0.25) is 0 Å². The molecule has 0 bridgehead atoms. The Morgan fingerprint density at radius 3 is 1.36 bits per heavy atom. The fourth-order valence-corrected chi connectivity index (χ4v) is 1.46. The molecule has 1 heteroatoms. The third-order valence-electron chi connectivity index (χ3n) is 2.23. The van der Waals surface area contributed by atoms with Gasteiger partial charge in [0.2, 0.25) is 0 Å². The van der Waals surface area contributed by atoms with Crippen molar-refractivity contribution in [2.45, 2.75) is 6.10 Å². The second-order valence-corrected chi connectivity index (χ2v) is 3.22. The molecule has 1 N–H and O–H groups in total. The van der Waals surface area contributed by atoms with Crippen molar-refractivity contribution in [3.63, 3.8) is 0 Å². The first-order valence-electron chi connectivity index (χ1n) is 4.66. The predicted octanol–water partition coefficient (Wildman–Crippen LogP) is 2.77. The lowest BCUT2D eigenvalue weighted by Gasteiger charge is -2.10. The molecule has 0 saturated heterocycles. The van der Waals surface area contributed by atoms with Crippen LogP contribution in [-0.2, 0) is 0 Å². The second kappa shape index (κ2) is 4.07. The topological polar surface area (TPSA) is 20.2 Å². The minimum atomic E-state index is -0.516. The van der Waals surface area contributed by atoms with Gasteiger partial charge in [0.05, 0.1) is 0 Å². The van der Waals surface area contributed by atoms with E-state index in [-0.39, 0.29) is 0 Å². The number of aliphatic hydroxyl groups is 1. The van der Waals surface area contributed by atoms with Gasteiger partial charge < -0.3 is 5.11 Å². The van der Waals surface area contributed by atoms with E-state index in [1.54, 1.807) is 0 Å². The molecule has 70 valence electrons. The summed E-state index contributed by atoms with van der Waals surface area (Å²) < 4.78 is 0. The Labute approximate surface area is 83.6 Å². The quantitative estimate of drug-likeness (QED) is 0.770. The van der Waals surface area contributed by atoms with Crippen LogP contribution >= 0.6 is 0 Å². The van der Waals surface area contributed by atoms with Crippen molar-refractivity contribution in [3.05, 3.63) is 71.8 Å². The minimum Gasteiger partial charge on any atom is -0.384 e. The summed E-state index contributed by atoms with van der Waals surface area (Å²) in [5, 5.41) is 9.99. The average Bonchev–Trinajstić information content (AvgIpc) is 2.30. The zero-order chi connectivity index (χ0) is 9.80. The summed E-state index contributed by atoms with van der Waals surface area (Å²) in [6, 6.07) is 19.3. The second-order valence-electron chi connectivity index (χ2n) is 3.22. The van der Waals surface area contributed by atoms with E-state index in [1.165, 1.54) is 0 Å². The summed E-state index contributed by atoms with van der Waals surface area (Å²) in [4.78, 5) is 0. The van der Waals surface area contributed by atoms with E-state index in [2.05, 4.69) is 0 Å². The van der Waals surface area contributed by atoms with E-state index >= 15 is 0 Å². The van der Waals surface area contributed by atoms with Gasteiger partial charge in [0, 0.05) is 0 Å². The third kappa shape index (κ3) is 1.83. The van der Waals surface area contributed by atoms with Crippen LogP contribution in [0, 0.1) is 0 Å². The molecular formula is C13H12O. The van der Waals surface area contributed by atoms with Crippen LogP contribution in [0.4, 0.5) is 0 Å². The van der Waals surface area contributed by atoms with Crippen molar-refractivity contribution in [2.75, 3.05) is 0 Å². The van der Waals surface area contributed by atoms with Gasteiger partial charge in [-0.3, -0.25) is 0 Å². The summed E-state index contributed by atoms with van der Waals surface area (Å²) in [6.45, 7) is 0. The zero-order valence-corrected chi connectivity index (χ0v) is 7.80. The molecule has 1 nitrogen and oxygen atoms in total. The van der Waals surface area contributed by atoms with Crippen LogP contribution in [-0.4, -0.2) is 5.11 Å². The first-order chi connectivity index (χ1) is 6.88. The summed E-state index contributed by atoms with van der Waals surface area (Å²) in [5.74, 6) is 0. The van der Waals surface area contributed by atoms with Crippen molar-refractivity contribution in [2.24, 2.45) is 0 Å². The molecule has 0 amide bonds. The highest BCUT2D eigenvalue weighted by atomic mass is 16.3. The number of rotatable bonds is 2. The van der Waals surface area contributed by atoms with Crippen LogP contribution in [0.1, 0.15) is 17.2 Å². The maximum atomic E-state index is 9.99. The highest BCUT2D eigenvalue weighted by molar-refractivity contribution is 5.29. The van der Waals surface area contributed by atoms with Crippen LogP contribution in [0.15, 0.2) is 60.7 Å². The van der Waals surface area contributed by atoms with Crippen LogP contribution in [0.25, 0.3) is 0 Å². The van der Waals surface area contributed by atoms with Crippen LogP contribution in [0.5, 0.6) is 0 Å². The highest BCUT2D eigenvalue weighted by Gasteiger charge is 2.07. The lowest BCUT2D eigenvalue weighted by molar-refractivity contribution is 0.220. The Kier molecular flexibility index (Phi) is 2.61. The minimum absolute atomic E-state index is 0.516.